The third-order valence-corrected chi connectivity index (χ3v) is 6.38. The van der Waals surface area contributed by atoms with Crippen molar-refractivity contribution in [3.63, 3.8) is 0 Å². The van der Waals surface area contributed by atoms with Crippen molar-refractivity contribution in [1.82, 2.24) is 19.7 Å². The van der Waals surface area contributed by atoms with Gasteiger partial charge in [-0.2, -0.15) is 0 Å². The molecule has 0 bridgehead atoms. The van der Waals surface area contributed by atoms with E-state index in [0.29, 0.717) is 34.9 Å². The van der Waals surface area contributed by atoms with Crippen LogP contribution in [0.5, 0.6) is 0 Å². The minimum atomic E-state index is 0. The molecule has 4 rings (SSSR count). The number of pyridine rings is 2. The van der Waals surface area contributed by atoms with Crippen LogP contribution in [-0.4, -0.2) is 25.5 Å². The number of benzene rings is 1. The van der Waals surface area contributed by atoms with Crippen molar-refractivity contribution in [2.75, 3.05) is 10.2 Å². The van der Waals surface area contributed by atoms with E-state index in [2.05, 4.69) is 38.5 Å². The van der Waals surface area contributed by atoms with Crippen LogP contribution in [0.2, 0.25) is 0 Å². The maximum atomic E-state index is 8.12. The molecule has 2 unspecified atom stereocenters. The van der Waals surface area contributed by atoms with Gasteiger partial charge in [0.1, 0.15) is 11.6 Å². The Bertz CT molecular complexity index is 1350. The fourth-order valence-corrected chi connectivity index (χ4v) is 3.65. The monoisotopic (exact) mass is 686 g/mol. The van der Waals surface area contributed by atoms with Crippen molar-refractivity contribution in [3.05, 3.63) is 97.0 Å². The van der Waals surface area contributed by atoms with Gasteiger partial charge in [-0.3, -0.25) is 20.0 Å². The average Bonchev–Trinajstić information content (AvgIpc) is 3.44. The summed E-state index contributed by atoms with van der Waals surface area (Å²) in [5.74, 6) is 3.27. The van der Waals surface area contributed by atoms with E-state index in [1.165, 1.54) is 0 Å². The number of aromatic nitrogens is 4. The van der Waals surface area contributed by atoms with Crippen LogP contribution in [0, 0.1) is 23.7 Å². The molecule has 3 heterocycles. The molecule has 0 radical (unpaired) electrons. The number of allylic oxidation sites excluding steroid dienone is 1. The predicted molar refractivity (Wildman–Crippen MR) is 150 cm³/mol. The summed E-state index contributed by atoms with van der Waals surface area (Å²) in [4.78, 5) is 11.7. The molecule has 8 heteroatoms. The van der Waals surface area contributed by atoms with Crippen LogP contribution in [0.4, 0.5) is 23.1 Å². The summed E-state index contributed by atoms with van der Waals surface area (Å²) in [5, 5.41) is 15.9. The number of hydrogen-bond donors (Lipinski definition) is 2. The first kappa shape index (κ1) is 29.0. The van der Waals surface area contributed by atoms with Gasteiger partial charge in [-0.05, 0) is 41.8 Å². The normalized spacial score (nSPS) is 12.5. The Labute approximate surface area is 239 Å². The summed E-state index contributed by atoms with van der Waals surface area (Å²) in [6, 6.07) is 23.5. The molecule has 0 aliphatic heterocycles. The maximum Gasteiger partial charge on any atom is 2.00 e. The predicted octanol–water partition coefficient (Wildman–Crippen LogP) is 7.24. The van der Waals surface area contributed by atoms with Gasteiger partial charge in [0.15, 0.2) is 0 Å². The van der Waals surface area contributed by atoms with E-state index in [0.717, 1.165) is 24.2 Å². The molecule has 1 aromatic carbocycles. The summed E-state index contributed by atoms with van der Waals surface area (Å²) in [6.45, 7) is 8.42. The molecule has 0 amide bonds. The number of para-hydroxylation sites is 1. The third-order valence-electron chi connectivity index (χ3n) is 6.38. The molecule has 2 N–H and O–H groups in total. The van der Waals surface area contributed by atoms with E-state index in [1.54, 1.807) is 10.8 Å². The second kappa shape index (κ2) is 13.8. The van der Waals surface area contributed by atoms with Gasteiger partial charge in [0.25, 0.3) is 0 Å². The quantitative estimate of drug-likeness (QED) is 0.0989. The summed E-state index contributed by atoms with van der Waals surface area (Å²) < 4.78 is 1.70. The first-order chi connectivity index (χ1) is 18.0. The van der Waals surface area contributed by atoms with E-state index in [9.17, 15) is 0 Å². The fourth-order valence-electron chi connectivity index (χ4n) is 3.65. The zero-order chi connectivity index (χ0) is 26.2. The molecule has 0 aliphatic carbocycles. The largest absolute Gasteiger partial charge is 2.00 e. The number of nitrogens with zero attached hydrogens (tertiary/aromatic N) is 5. The van der Waals surface area contributed by atoms with Crippen molar-refractivity contribution in [3.8, 4) is 5.82 Å². The summed E-state index contributed by atoms with van der Waals surface area (Å²) in [6.07, 6.45) is 9.80. The number of hydrogen-bond acceptors (Lipinski definition) is 6. The Morgan fingerprint density at radius 1 is 1.00 bits per heavy atom. The van der Waals surface area contributed by atoms with Crippen molar-refractivity contribution in [2.45, 2.75) is 46.5 Å². The van der Waals surface area contributed by atoms with Crippen LogP contribution in [0.3, 0.4) is 0 Å². The fraction of sp³-hybridized carbons (Fsp3) is 0.267. The minimum Gasteiger partial charge on any atom is -0.453 e. The van der Waals surface area contributed by atoms with Gasteiger partial charge in [0, 0.05) is 11.5 Å². The molecule has 0 saturated heterocycles. The van der Waals surface area contributed by atoms with Crippen molar-refractivity contribution in [2.24, 2.45) is 5.92 Å². The second-order valence-corrected chi connectivity index (χ2v) is 9.00. The van der Waals surface area contributed by atoms with Gasteiger partial charge in [-0.15, -0.1) is 18.3 Å². The van der Waals surface area contributed by atoms with Crippen LogP contribution < -0.4 is 10.2 Å². The Balaban J connectivity index is 0.00000400. The van der Waals surface area contributed by atoms with Crippen LogP contribution in [0.1, 0.15) is 52.1 Å². The van der Waals surface area contributed by atoms with Gasteiger partial charge < -0.3 is 15.4 Å². The number of anilines is 4. The molecule has 0 aliphatic rings. The van der Waals surface area contributed by atoms with E-state index in [1.807, 2.05) is 84.6 Å². The summed E-state index contributed by atoms with van der Waals surface area (Å²) >= 11 is 0. The Hall–Kier alpha value is -3.57. The molecule has 7 nitrogen and oxygen atoms in total. The van der Waals surface area contributed by atoms with E-state index >= 15 is 0 Å². The third kappa shape index (κ3) is 7.05. The van der Waals surface area contributed by atoms with Gasteiger partial charge in [0.2, 0.25) is 0 Å². The van der Waals surface area contributed by atoms with Crippen LogP contribution in [0.25, 0.3) is 5.82 Å². The Morgan fingerprint density at radius 3 is 2.42 bits per heavy atom. The van der Waals surface area contributed by atoms with Gasteiger partial charge in [0.05, 0.1) is 5.82 Å². The van der Waals surface area contributed by atoms with Crippen molar-refractivity contribution >= 4 is 28.9 Å². The van der Waals surface area contributed by atoms with Crippen LogP contribution in [-0.2, 0) is 21.1 Å². The van der Waals surface area contributed by atoms with Crippen molar-refractivity contribution in [1.29, 1.82) is 5.41 Å². The molecular weight excluding hydrogens is 653 g/mol. The summed E-state index contributed by atoms with van der Waals surface area (Å²) in [7, 11) is 0. The Morgan fingerprint density at radius 2 is 1.71 bits per heavy atom. The molecular formula is C30H33N7Pt. The molecule has 0 fully saturated rings. The number of nitrogens with one attached hydrogen (secondary N) is 2. The first-order valence-corrected chi connectivity index (χ1v) is 12.7. The zero-order valence-electron chi connectivity index (χ0n) is 22.1. The van der Waals surface area contributed by atoms with E-state index in [-0.39, 0.29) is 27.0 Å². The SMILES string of the molecule is CCC(C)C(=N)C=[C-]Nc1cccc(N(c2ccccc2)c2cccc(-n3[c-]cc(C(C)CC)n3)n2)n1.[Pt+2]. The zero-order valence-corrected chi connectivity index (χ0v) is 24.4. The van der Waals surface area contributed by atoms with Gasteiger partial charge in [-0.25, -0.2) is 0 Å². The smallest absolute Gasteiger partial charge is 0.453 e. The minimum absolute atomic E-state index is 0. The molecule has 2 atom stereocenters. The molecule has 0 spiro atoms. The Kier molecular flexibility index (Phi) is 10.5. The first-order valence-electron chi connectivity index (χ1n) is 12.7. The summed E-state index contributed by atoms with van der Waals surface area (Å²) in [5.41, 5.74) is 2.46. The van der Waals surface area contributed by atoms with E-state index < -0.39 is 0 Å². The van der Waals surface area contributed by atoms with Crippen molar-refractivity contribution < 1.29 is 21.1 Å². The topological polar surface area (TPSA) is 82.7 Å². The molecule has 0 saturated carbocycles. The molecule has 198 valence electrons. The van der Waals surface area contributed by atoms with Gasteiger partial charge in [-0.1, -0.05) is 94.9 Å². The maximum absolute atomic E-state index is 8.12. The van der Waals surface area contributed by atoms with Crippen LogP contribution in [0.15, 0.2) is 78.9 Å². The second-order valence-electron chi connectivity index (χ2n) is 9.00. The number of rotatable bonds is 11. The average molecular weight is 687 g/mol. The van der Waals surface area contributed by atoms with E-state index in [4.69, 9.17) is 20.5 Å². The standard InChI is InChI=1S/C30H33N7.Pt/c1-5-22(3)25(31)18-20-32-27-14-10-16-29(33-27)37(24-12-8-7-9-13-24)30-17-11-15-28(34-30)36-21-19-26(35-36)23(4)6-2;/h7-19,22-23,31H,5-6H2,1-4H3,(H,32,33);/q-2;+2. The van der Waals surface area contributed by atoms with Gasteiger partial charge >= 0.3 is 21.1 Å². The molecule has 38 heavy (non-hydrogen) atoms. The molecule has 4 aromatic rings. The molecule has 3 aromatic heterocycles. The van der Waals surface area contributed by atoms with Crippen LogP contribution >= 0.6 is 0 Å².